The van der Waals surface area contributed by atoms with Gasteiger partial charge in [0, 0.05) is 15.5 Å². The molecule has 1 N–H and O–H groups in total. The van der Waals surface area contributed by atoms with Crippen LogP contribution in [0, 0.1) is 6.92 Å². The van der Waals surface area contributed by atoms with Crippen LogP contribution < -0.4 is 0 Å². The molecule has 1 aromatic heterocycles. The molecule has 0 radical (unpaired) electrons. The molecule has 0 aliphatic rings. The molecule has 0 amide bonds. The second kappa shape index (κ2) is 6.36. The number of rotatable bonds is 5. The van der Waals surface area contributed by atoms with Crippen molar-refractivity contribution in [2.45, 2.75) is 31.3 Å². The van der Waals surface area contributed by atoms with Crippen molar-refractivity contribution in [3.63, 3.8) is 0 Å². The summed E-state index contributed by atoms with van der Waals surface area (Å²) in [6.45, 7) is 3.86. The van der Waals surface area contributed by atoms with Gasteiger partial charge < -0.3 is 5.11 Å². The number of thiazole rings is 1. The molecule has 1 aromatic carbocycles. The number of benzene rings is 1. The van der Waals surface area contributed by atoms with E-state index in [1.807, 2.05) is 29.4 Å². The Labute approximate surface area is 116 Å². The summed E-state index contributed by atoms with van der Waals surface area (Å²) in [6.07, 6.45) is 0.661. The fourth-order valence-electron chi connectivity index (χ4n) is 1.69. The summed E-state index contributed by atoms with van der Waals surface area (Å²) in [5.41, 5.74) is 4.04. The van der Waals surface area contributed by atoms with Crippen molar-refractivity contribution in [2.75, 3.05) is 5.75 Å². The summed E-state index contributed by atoms with van der Waals surface area (Å²) in [4.78, 5) is 6.84. The Morgan fingerprint density at radius 2 is 2.28 bits per heavy atom. The van der Waals surface area contributed by atoms with Gasteiger partial charge in [-0.15, -0.1) is 23.1 Å². The van der Waals surface area contributed by atoms with E-state index < -0.39 is 6.10 Å². The molecule has 2 nitrogen and oxygen atoms in total. The Hall–Kier alpha value is -0.840. The van der Waals surface area contributed by atoms with E-state index in [2.05, 4.69) is 24.0 Å². The number of aromatic nitrogens is 1. The van der Waals surface area contributed by atoms with E-state index in [-0.39, 0.29) is 0 Å². The van der Waals surface area contributed by atoms with E-state index in [0.29, 0.717) is 0 Å². The molecule has 2 aromatic rings. The topological polar surface area (TPSA) is 33.1 Å². The lowest BCUT2D eigenvalue weighted by Gasteiger charge is -2.07. The highest BCUT2D eigenvalue weighted by Crippen LogP contribution is 2.24. The first-order valence-electron chi connectivity index (χ1n) is 5.96. The Morgan fingerprint density at radius 3 is 2.94 bits per heavy atom. The lowest BCUT2D eigenvalue weighted by molar-refractivity contribution is 0.199. The second-order valence-electron chi connectivity index (χ2n) is 4.21. The van der Waals surface area contributed by atoms with Crippen molar-refractivity contribution in [2.24, 2.45) is 0 Å². The standard InChI is InChI=1S/C14H17NOS2/c1-10-14(18-9-15-10)6-7-17-13-5-3-4-12(8-13)11(2)16/h3-5,8-9,11,16H,6-7H2,1-2H3. The number of hydrogen-bond donors (Lipinski definition) is 1. The van der Waals surface area contributed by atoms with Crippen molar-refractivity contribution >= 4 is 23.1 Å². The number of aryl methyl sites for hydroxylation is 2. The van der Waals surface area contributed by atoms with Gasteiger partial charge in [0.25, 0.3) is 0 Å². The van der Waals surface area contributed by atoms with E-state index in [9.17, 15) is 5.11 Å². The van der Waals surface area contributed by atoms with Crippen molar-refractivity contribution < 1.29 is 5.11 Å². The summed E-state index contributed by atoms with van der Waals surface area (Å²) in [7, 11) is 0. The smallest absolute Gasteiger partial charge is 0.0797 e. The van der Waals surface area contributed by atoms with E-state index >= 15 is 0 Å². The zero-order valence-electron chi connectivity index (χ0n) is 10.6. The van der Waals surface area contributed by atoms with Crippen molar-refractivity contribution in [3.8, 4) is 0 Å². The Bertz CT molecular complexity index is 508. The van der Waals surface area contributed by atoms with Crippen LogP contribution >= 0.6 is 23.1 Å². The third-order valence-corrected chi connectivity index (χ3v) is 4.77. The van der Waals surface area contributed by atoms with Crippen LogP contribution in [0.3, 0.4) is 0 Å². The van der Waals surface area contributed by atoms with Gasteiger partial charge in [-0.3, -0.25) is 0 Å². The maximum atomic E-state index is 9.54. The molecule has 0 saturated carbocycles. The van der Waals surface area contributed by atoms with E-state index in [0.717, 1.165) is 23.4 Å². The molecule has 0 spiro atoms. The van der Waals surface area contributed by atoms with Gasteiger partial charge in [-0.2, -0.15) is 0 Å². The fraction of sp³-hybridized carbons (Fsp3) is 0.357. The first-order valence-corrected chi connectivity index (χ1v) is 7.83. The Balaban J connectivity index is 1.90. The molecule has 0 saturated heterocycles. The predicted molar refractivity (Wildman–Crippen MR) is 78.4 cm³/mol. The predicted octanol–water partition coefficient (Wildman–Crippen LogP) is 3.84. The Morgan fingerprint density at radius 1 is 1.44 bits per heavy atom. The maximum absolute atomic E-state index is 9.54. The molecule has 96 valence electrons. The number of thioether (sulfide) groups is 1. The molecule has 0 bridgehead atoms. The van der Waals surface area contributed by atoms with Gasteiger partial charge in [0.2, 0.25) is 0 Å². The van der Waals surface area contributed by atoms with Crippen LogP contribution in [0.4, 0.5) is 0 Å². The molecule has 0 aliphatic carbocycles. The summed E-state index contributed by atoms with van der Waals surface area (Å²) in [5, 5.41) is 9.54. The third-order valence-electron chi connectivity index (χ3n) is 2.78. The molecular formula is C14H17NOS2. The summed E-state index contributed by atoms with van der Waals surface area (Å²) >= 11 is 3.55. The first-order chi connectivity index (χ1) is 8.66. The largest absolute Gasteiger partial charge is 0.389 e. The fourth-order valence-corrected chi connectivity index (χ4v) is 3.54. The van der Waals surface area contributed by atoms with Gasteiger partial charge in [-0.25, -0.2) is 4.98 Å². The molecular weight excluding hydrogens is 262 g/mol. The number of aliphatic hydroxyl groups excluding tert-OH is 1. The second-order valence-corrected chi connectivity index (χ2v) is 6.32. The molecule has 0 fully saturated rings. The number of nitrogens with zero attached hydrogens (tertiary/aromatic N) is 1. The van der Waals surface area contributed by atoms with Crippen LogP contribution in [0.5, 0.6) is 0 Å². The molecule has 1 atom stereocenters. The number of hydrogen-bond acceptors (Lipinski definition) is 4. The normalized spacial score (nSPS) is 12.6. The first kappa shape index (κ1) is 13.6. The van der Waals surface area contributed by atoms with Crippen LogP contribution in [0.2, 0.25) is 0 Å². The average Bonchev–Trinajstić information content (AvgIpc) is 2.76. The van der Waals surface area contributed by atoms with E-state index in [1.165, 1.54) is 9.77 Å². The SMILES string of the molecule is Cc1ncsc1CCSc1cccc(C(C)O)c1. The van der Waals surface area contributed by atoms with Gasteiger partial charge in [-0.1, -0.05) is 12.1 Å². The summed E-state index contributed by atoms with van der Waals surface area (Å²) in [6, 6.07) is 8.12. The molecule has 0 aliphatic heterocycles. The molecule has 1 heterocycles. The summed E-state index contributed by atoms with van der Waals surface area (Å²) < 4.78 is 0. The Kier molecular flexibility index (Phi) is 4.80. The summed E-state index contributed by atoms with van der Waals surface area (Å²) in [5.74, 6) is 1.05. The van der Waals surface area contributed by atoms with Crippen molar-refractivity contribution in [1.82, 2.24) is 4.98 Å². The lowest BCUT2D eigenvalue weighted by Crippen LogP contribution is -1.92. The monoisotopic (exact) mass is 279 g/mol. The van der Waals surface area contributed by atoms with E-state index in [4.69, 9.17) is 0 Å². The highest BCUT2D eigenvalue weighted by Gasteiger charge is 2.04. The van der Waals surface area contributed by atoms with Gasteiger partial charge in [-0.05, 0) is 38.0 Å². The van der Waals surface area contributed by atoms with Crippen LogP contribution in [0.15, 0.2) is 34.7 Å². The van der Waals surface area contributed by atoms with Crippen LogP contribution in [0.1, 0.15) is 29.2 Å². The van der Waals surface area contributed by atoms with Crippen LogP contribution in [0.25, 0.3) is 0 Å². The number of aliphatic hydroxyl groups is 1. The van der Waals surface area contributed by atoms with Crippen molar-refractivity contribution in [3.05, 3.63) is 45.9 Å². The zero-order chi connectivity index (χ0) is 13.0. The maximum Gasteiger partial charge on any atom is 0.0797 e. The van der Waals surface area contributed by atoms with Gasteiger partial charge in [0.05, 0.1) is 17.3 Å². The van der Waals surface area contributed by atoms with E-state index in [1.54, 1.807) is 18.3 Å². The van der Waals surface area contributed by atoms with Gasteiger partial charge in [0.1, 0.15) is 0 Å². The van der Waals surface area contributed by atoms with Crippen LogP contribution in [-0.2, 0) is 6.42 Å². The third kappa shape index (κ3) is 3.57. The molecule has 1 unspecified atom stereocenters. The molecule has 2 rings (SSSR count). The highest BCUT2D eigenvalue weighted by atomic mass is 32.2. The molecule has 4 heteroatoms. The zero-order valence-corrected chi connectivity index (χ0v) is 12.2. The minimum atomic E-state index is -0.394. The van der Waals surface area contributed by atoms with Crippen LogP contribution in [-0.4, -0.2) is 15.8 Å². The minimum Gasteiger partial charge on any atom is -0.389 e. The van der Waals surface area contributed by atoms with Gasteiger partial charge in [0.15, 0.2) is 0 Å². The molecule has 18 heavy (non-hydrogen) atoms. The highest BCUT2D eigenvalue weighted by molar-refractivity contribution is 7.99. The quantitative estimate of drug-likeness (QED) is 0.844. The average molecular weight is 279 g/mol. The van der Waals surface area contributed by atoms with Gasteiger partial charge >= 0.3 is 0 Å². The minimum absolute atomic E-state index is 0.394. The lowest BCUT2D eigenvalue weighted by atomic mass is 10.1. The van der Waals surface area contributed by atoms with Crippen molar-refractivity contribution in [1.29, 1.82) is 0 Å².